The van der Waals surface area contributed by atoms with Gasteiger partial charge in [0.15, 0.2) is 0 Å². The summed E-state index contributed by atoms with van der Waals surface area (Å²) in [4.78, 5) is 5.41. The molecule has 0 saturated carbocycles. The van der Waals surface area contributed by atoms with Gasteiger partial charge in [-0.2, -0.15) is 0 Å². The fraction of sp³-hybridized carbons (Fsp3) is 1.00. The van der Waals surface area contributed by atoms with Gasteiger partial charge in [-0.25, -0.2) is 0 Å². The molecule has 2 heterocycles. The summed E-state index contributed by atoms with van der Waals surface area (Å²) >= 11 is 0. The monoisotopic (exact) mass is 338 g/mol. The summed E-state index contributed by atoms with van der Waals surface area (Å²) in [5.41, 5.74) is 1.21. The lowest BCUT2D eigenvalue weighted by Gasteiger charge is -2.47. The van der Waals surface area contributed by atoms with Crippen molar-refractivity contribution < 1.29 is 0 Å². The molecule has 2 fully saturated rings. The summed E-state index contributed by atoms with van der Waals surface area (Å²) in [7, 11) is 0. The van der Waals surface area contributed by atoms with Crippen LogP contribution in [0.4, 0.5) is 0 Å². The molecular weight excluding hydrogens is 292 g/mol. The van der Waals surface area contributed by atoms with E-state index in [9.17, 15) is 0 Å². The number of hydrogen-bond acceptors (Lipinski definition) is 2. The van der Waals surface area contributed by atoms with Crippen molar-refractivity contribution in [2.75, 3.05) is 32.7 Å². The van der Waals surface area contributed by atoms with Gasteiger partial charge in [-0.3, -0.25) is 0 Å². The van der Waals surface area contributed by atoms with Gasteiger partial charge in [0.05, 0.1) is 0 Å². The summed E-state index contributed by atoms with van der Waals surface area (Å²) in [6.07, 6.45) is 9.97. The molecule has 2 saturated heterocycles. The van der Waals surface area contributed by atoms with Crippen LogP contribution in [-0.2, 0) is 0 Å². The molecule has 0 N–H and O–H groups in total. The van der Waals surface area contributed by atoms with Crippen LogP contribution in [0.3, 0.4) is 0 Å². The predicted molar refractivity (Wildman–Crippen MR) is 109 cm³/mol. The van der Waals surface area contributed by atoms with Gasteiger partial charge in [-0.05, 0) is 95.9 Å². The Morgan fingerprint density at radius 2 is 1.33 bits per heavy atom. The van der Waals surface area contributed by atoms with Gasteiger partial charge in [-0.15, -0.1) is 0 Å². The van der Waals surface area contributed by atoms with E-state index in [1.807, 2.05) is 13.8 Å². The highest BCUT2D eigenvalue weighted by atomic mass is 15.2. The molecule has 144 valence electrons. The zero-order valence-corrected chi connectivity index (χ0v) is 18.0. The Labute approximate surface area is 153 Å². The second-order valence-electron chi connectivity index (χ2n) is 9.49. The van der Waals surface area contributed by atoms with Crippen LogP contribution in [0.25, 0.3) is 0 Å². The van der Waals surface area contributed by atoms with Crippen LogP contribution in [0.2, 0.25) is 0 Å². The average Bonchev–Trinajstić information content (AvgIpc) is 2.55. The largest absolute Gasteiger partial charge is 0.303 e. The third-order valence-corrected chi connectivity index (χ3v) is 6.16. The molecule has 2 aliphatic rings. The first-order valence-corrected chi connectivity index (χ1v) is 10.8. The van der Waals surface area contributed by atoms with Crippen LogP contribution in [-0.4, -0.2) is 48.6 Å². The predicted octanol–water partition coefficient (Wildman–Crippen LogP) is 5.82. The maximum atomic E-state index is 2.74. The van der Waals surface area contributed by atoms with E-state index >= 15 is 0 Å². The summed E-state index contributed by atoms with van der Waals surface area (Å²) in [5, 5.41) is 0. The molecule has 1 spiro atoms. The number of nitrogens with zero attached hydrogens (tertiary/aromatic N) is 2. The fourth-order valence-electron chi connectivity index (χ4n) is 4.26. The Hall–Kier alpha value is -0.0800. The minimum absolute atomic E-state index is 0.510. The molecule has 0 aromatic carbocycles. The number of likely N-dealkylation sites (tertiary alicyclic amines) is 2. The summed E-state index contributed by atoms with van der Waals surface area (Å²) < 4.78 is 0. The van der Waals surface area contributed by atoms with Crippen LogP contribution >= 0.6 is 0 Å². The molecule has 24 heavy (non-hydrogen) atoms. The van der Waals surface area contributed by atoms with Crippen LogP contribution in [0.15, 0.2) is 0 Å². The van der Waals surface area contributed by atoms with Crippen molar-refractivity contribution in [1.82, 2.24) is 9.80 Å². The van der Waals surface area contributed by atoms with E-state index in [1.165, 1.54) is 77.7 Å². The molecule has 0 amide bonds. The van der Waals surface area contributed by atoms with Crippen LogP contribution < -0.4 is 0 Å². The summed E-state index contributed by atoms with van der Waals surface area (Å²) in [6, 6.07) is 0.736. The van der Waals surface area contributed by atoms with Crippen molar-refractivity contribution in [3.05, 3.63) is 0 Å². The smallest absolute Gasteiger partial charge is 0.00385 e. The van der Waals surface area contributed by atoms with Gasteiger partial charge in [0.1, 0.15) is 0 Å². The van der Waals surface area contributed by atoms with E-state index in [0.717, 1.165) is 6.04 Å². The van der Waals surface area contributed by atoms with Crippen molar-refractivity contribution in [2.24, 2.45) is 10.8 Å². The topological polar surface area (TPSA) is 6.48 Å². The lowest BCUT2D eigenvalue weighted by Crippen LogP contribution is -2.48. The number of unbranched alkanes of at least 4 members (excludes halogenated alkanes) is 1. The van der Waals surface area contributed by atoms with Gasteiger partial charge in [-0.1, -0.05) is 41.0 Å². The summed E-state index contributed by atoms with van der Waals surface area (Å²) in [5.74, 6) is 0. The van der Waals surface area contributed by atoms with Crippen LogP contribution in [0.1, 0.15) is 93.4 Å². The Morgan fingerprint density at radius 1 is 0.833 bits per heavy atom. The molecule has 2 aliphatic heterocycles. The molecule has 2 nitrogen and oxygen atoms in total. The molecule has 0 aromatic rings. The molecule has 0 radical (unpaired) electrons. The molecular formula is C22H46N2. The van der Waals surface area contributed by atoms with Gasteiger partial charge in [0.25, 0.3) is 0 Å². The van der Waals surface area contributed by atoms with E-state index in [1.54, 1.807) is 0 Å². The summed E-state index contributed by atoms with van der Waals surface area (Å²) in [6.45, 7) is 22.5. The Kier molecular flexibility index (Phi) is 9.30. The maximum Gasteiger partial charge on any atom is 0.00385 e. The Bertz CT molecular complexity index is 311. The molecule has 2 heteroatoms. The van der Waals surface area contributed by atoms with Crippen LogP contribution in [0, 0.1) is 10.8 Å². The minimum Gasteiger partial charge on any atom is -0.303 e. The van der Waals surface area contributed by atoms with Gasteiger partial charge < -0.3 is 9.80 Å². The first kappa shape index (κ1) is 22.0. The number of piperidine rings is 2. The standard InChI is InChI=1S/C20H40N2.C2H6/c1-18(2)22-16-11-20(12-17-22)9-14-21(15-10-20)13-7-6-8-19(3,4)5;1-2/h18H,6-17H2,1-5H3;1-2H3. The zero-order chi connectivity index (χ0) is 18.2. The quantitative estimate of drug-likeness (QED) is 0.583. The van der Waals surface area contributed by atoms with E-state index in [2.05, 4.69) is 44.4 Å². The molecule has 0 atom stereocenters. The zero-order valence-electron chi connectivity index (χ0n) is 18.0. The van der Waals surface area contributed by atoms with E-state index in [4.69, 9.17) is 0 Å². The van der Waals surface area contributed by atoms with Gasteiger partial charge >= 0.3 is 0 Å². The highest BCUT2D eigenvalue weighted by Gasteiger charge is 2.37. The molecule has 0 unspecified atom stereocenters. The molecule has 0 aromatic heterocycles. The van der Waals surface area contributed by atoms with Gasteiger partial charge in [0.2, 0.25) is 0 Å². The van der Waals surface area contributed by atoms with E-state index < -0.39 is 0 Å². The van der Waals surface area contributed by atoms with Crippen molar-refractivity contribution >= 4 is 0 Å². The normalized spacial score (nSPS) is 22.5. The minimum atomic E-state index is 0.510. The lowest BCUT2D eigenvalue weighted by molar-refractivity contribution is 0.0246. The lowest BCUT2D eigenvalue weighted by atomic mass is 9.71. The van der Waals surface area contributed by atoms with Gasteiger partial charge in [0, 0.05) is 6.04 Å². The third-order valence-electron chi connectivity index (χ3n) is 6.16. The fourth-order valence-corrected chi connectivity index (χ4v) is 4.26. The van der Waals surface area contributed by atoms with Crippen molar-refractivity contribution in [2.45, 2.75) is 99.5 Å². The Morgan fingerprint density at radius 3 is 1.79 bits per heavy atom. The Balaban J connectivity index is 0.00000139. The molecule has 2 rings (SSSR count). The molecule has 0 bridgehead atoms. The second kappa shape index (κ2) is 10.2. The van der Waals surface area contributed by atoms with Crippen molar-refractivity contribution in [3.8, 4) is 0 Å². The first-order valence-electron chi connectivity index (χ1n) is 10.8. The number of hydrogen-bond donors (Lipinski definition) is 0. The van der Waals surface area contributed by atoms with E-state index in [0.29, 0.717) is 10.8 Å². The SMILES string of the molecule is CC.CC(C)N1CCC2(CCN(CCCCC(C)(C)C)CC2)CC1. The maximum absolute atomic E-state index is 2.74. The highest BCUT2D eigenvalue weighted by Crippen LogP contribution is 2.41. The molecule has 0 aliphatic carbocycles. The number of rotatable bonds is 5. The average molecular weight is 339 g/mol. The van der Waals surface area contributed by atoms with Crippen molar-refractivity contribution in [3.63, 3.8) is 0 Å². The highest BCUT2D eigenvalue weighted by molar-refractivity contribution is 4.91. The third kappa shape index (κ3) is 7.44. The first-order chi connectivity index (χ1) is 11.3. The second-order valence-corrected chi connectivity index (χ2v) is 9.49. The van der Waals surface area contributed by atoms with Crippen molar-refractivity contribution in [1.29, 1.82) is 0 Å². The van der Waals surface area contributed by atoms with Crippen LogP contribution in [0.5, 0.6) is 0 Å². The van der Waals surface area contributed by atoms with E-state index in [-0.39, 0.29) is 0 Å².